The van der Waals surface area contributed by atoms with Gasteiger partial charge in [-0.15, -0.1) is 0 Å². The maximum absolute atomic E-state index is 13.1. The number of nitrogens with one attached hydrogen (secondary N) is 1. The monoisotopic (exact) mass is 481 g/mol. The summed E-state index contributed by atoms with van der Waals surface area (Å²) in [5.41, 5.74) is 7.13. The average molecular weight is 482 g/mol. The van der Waals surface area contributed by atoms with Gasteiger partial charge in [-0.05, 0) is 80.3 Å². The molecule has 1 N–H and O–H groups in total. The fourth-order valence-electron chi connectivity index (χ4n) is 4.75. The van der Waals surface area contributed by atoms with Crippen LogP contribution in [-0.4, -0.2) is 22.4 Å². The minimum Gasteiger partial charge on any atom is -0.353 e. The summed E-state index contributed by atoms with van der Waals surface area (Å²) in [7, 11) is 0. The van der Waals surface area contributed by atoms with Gasteiger partial charge in [0.2, 0.25) is 5.91 Å². The molecule has 0 spiro atoms. The summed E-state index contributed by atoms with van der Waals surface area (Å²) in [6.45, 7) is 4.72. The number of hydrogen-bond acceptors (Lipinski definition) is 2. The molecule has 0 bridgehead atoms. The number of hydrogen-bond donors (Lipinski definition) is 1. The van der Waals surface area contributed by atoms with Crippen molar-refractivity contribution in [2.75, 3.05) is 11.4 Å². The Kier molecular flexibility index (Phi) is 6.56. The lowest BCUT2D eigenvalue weighted by atomic mass is 10.0. The van der Waals surface area contributed by atoms with Crippen LogP contribution in [0.15, 0.2) is 78.9 Å². The number of halogens is 1. The smallest absolute Gasteiger partial charge is 0.226 e. The molecule has 176 valence electrons. The van der Waals surface area contributed by atoms with Crippen molar-refractivity contribution in [3.05, 3.63) is 95.0 Å². The third-order valence-corrected chi connectivity index (χ3v) is 6.71. The highest BCUT2D eigenvalue weighted by Crippen LogP contribution is 2.33. The van der Waals surface area contributed by atoms with Gasteiger partial charge in [-0.3, -0.25) is 4.79 Å². The van der Waals surface area contributed by atoms with Gasteiger partial charge in [-0.1, -0.05) is 48.0 Å². The molecule has 0 unspecified atom stereocenters. The Bertz CT molecular complexity index is 1520. The van der Waals surface area contributed by atoms with Gasteiger partial charge in [0.15, 0.2) is 0 Å². The van der Waals surface area contributed by atoms with E-state index in [1.54, 1.807) is 0 Å². The lowest BCUT2D eigenvalue weighted by molar-refractivity contribution is -0.118. The van der Waals surface area contributed by atoms with E-state index < -0.39 is 0 Å². The Balaban J connectivity index is 1.43. The quantitative estimate of drug-likeness (QED) is 0.258. The van der Waals surface area contributed by atoms with Crippen LogP contribution in [0.5, 0.6) is 0 Å². The minimum atomic E-state index is 0.140. The molecule has 0 aliphatic carbocycles. The molecule has 0 aliphatic rings. The molecular weight excluding hydrogens is 454 g/mol. The Labute approximate surface area is 210 Å². The molecule has 5 aromatic rings. The van der Waals surface area contributed by atoms with Gasteiger partial charge >= 0.3 is 0 Å². The first-order chi connectivity index (χ1) is 17.0. The van der Waals surface area contributed by atoms with Crippen LogP contribution in [0, 0.1) is 6.92 Å². The number of aromatic nitrogens is 2. The van der Waals surface area contributed by atoms with Gasteiger partial charge in [-0.2, -0.15) is 0 Å². The average Bonchev–Trinajstić information content (AvgIpc) is 3.22. The number of rotatable bonds is 7. The summed E-state index contributed by atoms with van der Waals surface area (Å²) in [5.74, 6) is 0.140. The van der Waals surface area contributed by atoms with Crippen molar-refractivity contribution >= 4 is 45.0 Å². The van der Waals surface area contributed by atoms with Crippen LogP contribution in [0.3, 0.4) is 0 Å². The topological polar surface area (TPSA) is 49.0 Å². The van der Waals surface area contributed by atoms with E-state index in [1.807, 2.05) is 73.3 Å². The fourth-order valence-corrected chi connectivity index (χ4v) is 4.93. The number of H-pyrrole nitrogens is 1. The number of amides is 1. The molecule has 5 heteroatoms. The molecule has 3 aromatic carbocycles. The van der Waals surface area contributed by atoms with Gasteiger partial charge in [0.1, 0.15) is 0 Å². The maximum Gasteiger partial charge on any atom is 0.226 e. The predicted molar refractivity (Wildman–Crippen MR) is 146 cm³/mol. The Hall–Kier alpha value is -3.63. The number of para-hydroxylation sites is 1. The standard InChI is InChI=1S/C30H28ClN3O/c1-3-34(23-10-6-8-20(2)18-23)29(35)13-7-11-24-25-19-22(31)15-17-27(25)33-30(24)28-16-14-21-9-4-5-12-26(21)32-28/h4-6,8-10,12,14-19,33H,3,7,11,13H2,1-2H3. The zero-order chi connectivity index (χ0) is 24.4. The normalized spacial score (nSPS) is 11.3. The molecule has 0 fully saturated rings. The van der Waals surface area contributed by atoms with E-state index in [9.17, 15) is 4.79 Å². The van der Waals surface area contributed by atoms with Gasteiger partial charge < -0.3 is 9.88 Å². The SMILES string of the molecule is CCN(C(=O)CCCc1c(-c2ccc3ccccc3n2)[nH]c2ccc(Cl)cc12)c1cccc(C)c1. The summed E-state index contributed by atoms with van der Waals surface area (Å²) in [5, 5.41) is 2.89. The molecule has 2 aromatic heterocycles. The van der Waals surface area contributed by atoms with E-state index >= 15 is 0 Å². The molecule has 0 radical (unpaired) electrons. The molecular formula is C30H28ClN3O. The number of fused-ring (bicyclic) bond motifs is 2. The molecule has 4 nitrogen and oxygen atoms in total. The van der Waals surface area contributed by atoms with Gasteiger partial charge in [0.05, 0.1) is 16.9 Å². The molecule has 0 saturated heterocycles. The Morgan fingerprint density at radius 3 is 2.69 bits per heavy atom. The highest BCUT2D eigenvalue weighted by molar-refractivity contribution is 6.31. The fraction of sp³-hybridized carbons (Fsp3) is 0.200. The Morgan fingerprint density at radius 2 is 1.86 bits per heavy atom. The molecule has 0 atom stereocenters. The van der Waals surface area contributed by atoms with Crippen molar-refractivity contribution in [3.63, 3.8) is 0 Å². The summed E-state index contributed by atoms with van der Waals surface area (Å²) in [6.07, 6.45) is 1.96. The van der Waals surface area contributed by atoms with Gasteiger partial charge in [0.25, 0.3) is 0 Å². The highest BCUT2D eigenvalue weighted by Gasteiger charge is 2.18. The highest BCUT2D eigenvalue weighted by atomic mass is 35.5. The van der Waals surface area contributed by atoms with Crippen molar-refractivity contribution in [1.82, 2.24) is 9.97 Å². The van der Waals surface area contributed by atoms with Crippen molar-refractivity contribution in [2.24, 2.45) is 0 Å². The second-order valence-electron chi connectivity index (χ2n) is 8.89. The maximum atomic E-state index is 13.1. The summed E-state index contributed by atoms with van der Waals surface area (Å²) in [4.78, 5) is 23.5. The first-order valence-corrected chi connectivity index (χ1v) is 12.4. The number of nitrogens with zero attached hydrogens (tertiary/aromatic N) is 2. The molecule has 2 heterocycles. The first-order valence-electron chi connectivity index (χ1n) is 12.1. The predicted octanol–water partition coefficient (Wildman–Crippen LogP) is 7.72. The summed E-state index contributed by atoms with van der Waals surface area (Å²) >= 11 is 6.36. The van der Waals surface area contributed by atoms with E-state index in [0.29, 0.717) is 18.0 Å². The summed E-state index contributed by atoms with van der Waals surface area (Å²) < 4.78 is 0. The van der Waals surface area contributed by atoms with Crippen LogP contribution < -0.4 is 4.90 Å². The number of aromatic amines is 1. The number of carbonyl (C=O) groups excluding carboxylic acids is 1. The van der Waals surface area contributed by atoms with Crippen LogP contribution in [0.4, 0.5) is 5.69 Å². The van der Waals surface area contributed by atoms with Crippen LogP contribution in [0.1, 0.15) is 30.9 Å². The van der Waals surface area contributed by atoms with Crippen molar-refractivity contribution in [3.8, 4) is 11.4 Å². The van der Waals surface area contributed by atoms with Crippen molar-refractivity contribution in [2.45, 2.75) is 33.1 Å². The molecule has 0 aliphatic heterocycles. The number of pyridine rings is 1. The zero-order valence-electron chi connectivity index (χ0n) is 20.0. The second-order valence-corrected chi connectivity index (χ2v) is 9.32. The minimum absolute atomic E-state index is 0.140. The number of anilines is 1. The molecule has 1 amide bonds. The van der Waals surface area contributed by atoms with E-state index in [4.69, 9.17) is 16.6 Å². The summed E-state index contributed by atoms with van der Waals surface area (Å²) in [6, 6.07) is 26.3. The van der Waals surface area contributed by atoms with Crippen LogP contribution in [0.2, 0.25) is 5.02 Å². The molecule has 5 rings (SSSR count). The van der Waals surface area contributed by atoms with E-state index in [0.717, 1.165) is 62.8 Å². The van der Waals surface area contributed by atoms with Crippen molar-refractivity contribution < 1.29 is 4.79 Å². The zero-order valence-corrected chi connectivity index (χ0v) is 20.8. The Morgan fingerprint density at radius 1 is 1.00 bits per heavy atom. The molecule has 0 saturated carbocycles. The lowest BCUT2D eigenvalue weighted by Gasteiger charge is -2.21. The second kappa shape index (κ2) is 9.93. The van der Waals surface area contributed by atoms with Crippen LogP contribution in [0.25, 0.3) is 33.2 Å². The lowest BCUT2D eigenvalue weighted by Crippen LogP contribution is -2.30. The largest absolute Gasteiger partial charge is 0.353 e. The van der Waals surface area contributed by atoms with E-state index in [1.165, 1.54) is 0 Å². The number of carbonyl (C=O) groups is 1. The van der Waals surface area contributed by atoms with Gasteiger partial charge in [-0.25, -0.2) is 4.98 Å². The number of benzene rings is 3. The third-order valence-electron chi connectivity index (χ3n) is 6.47. The van der Waals surface area contributed by atoms with Gasteiger partial charge in [0, 0.05) is 40.0 Å². The van der Waals surface area contributed by atoms with Crippen molar-refractivity contribution in [1.29, 1.82) is 0 Å². The van der Waals surface area contributed by atoms with Crippen LogP contribution in [-0.2, 0) is 11.2 Å². The van der Waals surface area contributed by atoms with E-state index in [-0.39, 0.29) is 5.91 Å². The van der Waals surface area contributed by atoms with E-state index in [2.05, 4.69) is 29.2 Å². The van der Waals surface area contributed by atoms with Crippen LogP contribution >= 0.6 is 11.6 Å². The molecule has 35 heavy (non-hydrogen) atoms. The third kappa shape index (κ3) is 4.80. The first kappa shape index (κ1) is 23.1. The number of aryl methyl sites for hydroxylation is 2.